The van der Waals surface area contributed by atoms with Crippen LogP contribution in [0.3, 0.4) is 0 Å². The Morgan fingerprint density at radius 3 is 2.62 bits per heavy atom. The van der Waals surface area contributed by atoms with Crippen LogP contribution in [-0.4, -0.2) is 37.6 Å². The standard InChI is InChI=1S/C16H17ClN2O5S2/c1-2-24-15(21)9-12-10-25-16(18-12)19-14(20)7-8-26(22,23)13-5-3-11(17)4-6-13/h3-6,10H,2,7-9H2,1H3,(H,18,19,20). The molecule has 0 atom stereocenters. The molecule has 0 aliphatic carbocycles. The second-order valence-electron chi connectivity index (χ2n) is 5.20. The molecule has 0 aliphatic rings. The first-order valence-electron chi connectivity index (χ1n) is 7.68. The fourth-order valence-corrected chi connectivity index (χ4v) is 4.07. The number of aromatic nitrogens is 1. The number of anilines is 1. The van der Waals surface area contributed by atoms with Crippen LogP contribution in [-0.2, 0) is 30.6 Å². The van der Waals surface area contributed by atoms with Crippen LogP contribution < -0.4 is 5.32 Å². The van der Waals surface area contributed by atoms with Crippen LogP contribution in [0.1, 0.15) is 19.0 Å². The van der Waals surface area contributed by atoms with Crippen LogP contribution in [0, 0.1) is 0 Å². The lowest BCUT2D eigenvalue weighted by Gasteiger charge is -2.05. The molecule has 0 radical (unpaired) electrons. The van der Waals surface area contributed by atoms with Crippen molar-refractivity contribution in [1.82, 2.24) is 4.98 Å². The molecule has 0 bridgehead atoms. The molecule has 1 aromatic heterocycles. The third-order valence-electron chi connectivity index (χ3n) is 3.20. The summed E-state index contributed by atoms with van der Waals surface area (Å²) in [5.74, 6) is -1.20. The first-order valence-corrected chi connectivity index (χ1v) is 10.6. The summed E-state index contributed by atoms with van der Waals surface area (Å²) in [6.45, 7) is 2.00. The predicted molar refractivity (Wildman–Crippen MR) is 99.2 cm³/mol. The predicted octanol–water partition coefficient (Wildman–Crippen LogP) is 2.70. The fraction of sp³-hybridized carbons (Fsp3) is 0.312. The molecule has 1 heterocycles. The number of sulfone groups is 1. The Balaban J connectivity index is 1.88. The van der Waals surface area contributed by atoms with E-state index in [1.165, 1.54) is 24.3 Å². The maximum absolute atomic E-state index is 12.2. The molecule has 0 fully saturated rings. The van der Waals surface area contributed by atoms with Gasteiger partial charge in [-0.05, 0) is 31.2 Å². The van der Waals surface area contributed by atoms with Crippen molar-refractivity contribution in [2.75, 3.05) is 17.7 Å². The third-order valence-corrected chi connectivity index (χ3v) is 5.99. The van der Waals surface area contributed by atoms with Gasteiger partial charge in [-0.2, -0.15) is 0 Å². The summed E-state index contributed by atoms with van der Waals surface area (Å²) in [6, 6.07) is 5.76. The molecule has 10 heteroatoms. The van der Waals surface area contributed by atoms with Gasteiger partial charge in [0.05, 0.1) is 29.4 Å². The average Bonchev–Trinajstić information content (AvgIpc) is 3.00. The second-order valence-corrected chi connectivity index (χ2v) is 8.60. The molecular weight excluding hydrogens is 400 g/mol. The number of carbonyl (C=O) groups excluding carboxylic acids is 2. The van der Waals surface area contributed by atoms with Gasteiger partial charge in [0.25, 0.3) is 0 Å². The van der Waals surface area contributed by atoms with Crippen LogP contribution in [0.5, 0.6) is 0 Å². The minimum absolute atomic E-state index is 0.0190. The number of amides is 1. The van der Waals surface area contributed by atoms with E-state index in [1.807, 2.05) is 0 Å². The van der Waals surface area contributed by atoms with Gasteiger partial charge in [0.2, 0.25) is 5.91 Å². The van der Waals surface area contributed by atoms with E-state index in [1.54, 1.807) is 12.3 Å². The summed E-state index contributed by atoms with van der Waals surface area (Å²) in [4.78, 5) is 27.6. The Morgan fingerprint density at radius 1 is 1.27 bits per heavy atom. The Kier molecular flexibility index (Phi) is 7.13. The maximum Gasteiger partial charge on any atom is 0.311 e. The zero-order valence-electron chi connectivity index (χ0n) is 13.9. The number of thiazole rings is 1. The SMILES string of the molecule is CCOC(=O)Cc1csc(NC(=O)CCS(=O)(=O)c2ccc(Cl)cc2)n1. The number of nitrogens with one attached hydrogen (secondary N) is 1. The highest BCUT2D eigenvalue weighted by molar-refractivity contribution is 7.91. The van der Waals surface area contributed by atoms with Crippen molar-refractivity contribution in [3.63, 3.8) is 0 Å². The zero-order chi connectivity index (χ0) is 19.2. The van der Waals surface area contributed by atoms with Crippen molar-refractivity contribution in [2.45, 2.75) is 24.7 Å². The number of hydrogen-bond acceptors (Lipinski definition) is 7. The van der Waals surface area contributed by atoms with E-state index in [2.05, 4.69) is 10.3 Å². The van der Waals surface area contributed by atoms with Crippen LogP contribution in [0.2, 0.25) is 5.02 Å². The third kappa shape index (κ3) is 6.08. The normalized spacial score (nSPS) is 11.2. The number of esters is 1. The molecule has 0 aliphatic heterocycles. The summed E-state index contributed by atoms with van der Waals surface area (Å²) in [5, 5.41) is 4.91. The molecule has 1 amide bonds. The first-order chi connectivity index (χ1) is 12.3. The summed E-state index contributed by atoms with van der Waals surface area (Å²) in [7, 11) is -3.58. The minimum atomic E-state index is -3.58. The first kappa shape index (κ1) is 20.3. The molecular formula is C16H17ClN2O5S2. The summed E-state index contributed by atoms with van der Waals surface area (Å²) >= 11 is 6.89. The highest BCUT2D eigenvalue weighted by Gasteiger charge is 2.17. The van der Waals surface area contributed by atoms with Crippen LogP contribution >= 0.6 is 22.9 Å². The smallest absolute Gasteiger partial charge is 0.311 e. The number of nitrogens with zero attached hydrogens (tertiary/aromatic N) is 1. The zero-order valence-corrected chi connectivity index (χ0v) is 16.3. The molecule has 0 unspecified atom stereocenters. The van der Waals surface area contributed by atoms with Crippen molar-refractivity contribution in [1.29, 1.82) is 0 Å². The number of benzene rings is 1. The molecule has 0 spiro atoms. The molecule has 140 valence electrons. The lowest BCUT2D eigenvalue weighted by molar-refractivity contribution is -0.142. The van der Waals surface area contributed by atoms with E-state index in [4.69, 9.17) is 16.3 Å². The van der Waals surface area contributed by atoms with Gasteiger partial charge in [0, 0.05) is 16.8 Å². The lowest BCUT2D eigenvalue weighted by Crippen LogP contribution is -2.17. The van der Waals surface area contributed by atoms with Gasteiger partial charge in [-0.25, -0.2) is 13.4 Å². The Bertz CT molecular complexity index is 878. The van der Waals surface area contributed by atoms with E-state index < -0.39 is 21.7 Å². The van der Waals surface area contributed by atoms with Crippen molar-refractivity contribution in [3.8, 4) is 0 Å². The molecule has 2 aromatic rings. The van der Waals surface area contributed by atoms with Crippen molar-refractivity contribution >= 4 is 49.8 Å². The van der Waals surface area contributed by atoms with E-state index in [0.29, 0.717) is 15.8 Å². The van der Waals surface area contributed by atoms with E-state index >= 15 is 0 Å². The average molecular weight is 417 g/mol. The summed E-state index contributed by atoms with van der Waals surface area (Å²) in [5.41, 5.74) is 0.484. The Morgan fingerprint density at radius 2 is 1.96 bits per heavy atom. The van der Waals surface area contributed by atoms with E-state index in [-0.39, 0.29) is 30.1 Å². The lowest BCUT2D eigenvalue weighted by atomic mass is 10.3. The van der Waals surface area contributed by atoms with Crippen molar-refractivity contribution in [3.05, 3.63) is 40.4 Å². The molecule has 26 heavy (non-hydrogen) atoms. The van der Waals surface area contributed by atoms with Gasteiger partial charge in [0.15, 0.2) is 15.0 Å². The fourth-order valence-electron chi connectivity index (χ4n) is 1.97. The highest BCUT2D eigenvalue weighted by Crippen LogP contribution is 2.18. The molecule has 1 aromatic carbocycles. The summed E-state index contributed by atoms with van der Waals surface area (Å²) in [6.07, 6.45) is -0.192. The molecule has 1 N–H and O–H groups in total. The van der Waals surface area contributed by atoms with Crippen LogP contribution in [0.15, 0.2) is 34.5 Å². The number of halogens is 1. The second kappa shape index (κ2) is 9.11. The molecule has 0 saturated carbocycles. The van der Waals surface area contributed by atoms with Crippen molar-refractivity contribution < 1.29 is 22.7 Å². The van der Waals surface area contributed by atoms with Gasteiger partial charge in [-0.1, -0.05) is 11.6 Å². The Labute approximate surface area is 160 Å². The number of ether oxygens (including phenoxy) is 1. The van der Waals surface area contributed by atoms with Gasteiger partial charge < -0.3 is 10.1 Å². The highest BCUT2D eigenvalue weighted by atomic mass is 35.5. The Hall–Kier alpha value is -1.97. The van der Waals surface area contributed by atoms with Crippen molar-refractivity contribution in [2.24, 2.45) is 0 Å². The van der Waals surface area contributed by atoms with Gasteiger partial charge in [-0.15, -0.1) is 11.3 Å². The molecule has 2 rings (SSSR count). The number of rotatable bonds is 8. The largest absolute Gasteiger partial charge is 0.466 e. The monoisotopic (exact) mass is 416 g/mol. The van der Waals surface area contributed by atoms with Gasteiger partial charge >= 0.3 is 5.97 Å². The van der Waals surface area contributed by atoms with E-state index in [9.17, 15) is 18.0 Å². The summed E-state index contributed by atoms with van der Waals surface area (Å²) < 4.78 is 29.2. The number of carbonyl (C=O) groups is 2. The van der Waals surface area contributed by atoms with E-state index in [0.717, 1.165) is 11.3 Å². The molecule has 0 saturated heterocycles. The van der Waals surface area contributed by atoms with Gasteiger partial charge in [0.1, 0.15) is 0 Å². The molecule has 7 nitrogen and oxygen atoms in total. The van der Waals surface area contributed by atoms with Crippen LogP contribution in [0.4, 0.5) is 5.13 Å². The topological polar surface area (TPSA) is 102 Å². The van der Waals surface area contributed by atoms with Gasteiger partial charge in [-0.3, -0.25) is 9.59 Å². The maximum atomic E-state index is 12.2. The quantitative estimate of drug-likeness (QED) is 0.663. The minimum Gasteiger partial charge on any atom is -0.466 e. The van der Waals surface area contributed by atoms with Crippen LogP contribution in [0.25, 0.3) is 0 Å². The number of hydrogen-bond donors (Lipinski definition) is 1.